The topological polar surface area (TPSA) is 47.0 Å². The summed E-state index contributed by atoms with van der Waals surface area (Å²) >= 11 is 0. The van der Waals surface area contributed by atoms with Crippen LogP contribution in [0.3, 0.4) is 0 Å². The second-order valence-electron chi connectivity index (χ2n) is 5.96. The maximum Gasteiger partial charge on any atom is 0.162 e. The summed E-state index contributed by atoms with van der Waals surface area (Å²) in [5, 5.41) is 3.44. The summed E-state index contributed by atoms with van der Waals surface area (Å²) < 4.78 is 5.76. The van der Waals surface area contributed by atoms with Crippen LogP contribution in [0.1, 0.15) is 62.5 Å². The Morgan fingerprint density at radius 3 is 2.55 bits per heavy atom. The highest BCUT2D eigenvalue weighted by molar-refractivity contribution is 5.48. The summed E-state index contributed by atoms with van der Waals surface area (Å²) in [7, 11) is 1.79. The number of ether oxygens (including phenoxy) is 1. The van der Waals surface area contributed by atoms with Crippen molar-refractivity contribution in [2.75, 3.05) is 19.0 Å². The highest BCUT2D eigenvalue weighted by Gasteiger charge is 2.42. The van der Waals surface area contributed by atoms with Crippen molar-refractivity contribution in [2.45, 2.75) is 63.9 Å². The van der Waals surface area contributed by atoms with Crippen molar-refractivity contribution in [3.05, 3.63) is 17.1 Å². The molecular formula is C16H25N3O. The molecule has 0 bridgehead atoms. The molecule has 0 aromatic carbocycles. The Hall–Kier alpha value is -1.16. The average Bonchev–Trinajstić information content (AvgIpc) is 2.64. The van der Waals surface area contributed by atoms with Gasteiger partial charge in [0, 0.05) is 24.9 Å². The molecule has 0 aliphatic heterocycles. The minimum atomic E-state index is -0.217. The number of anilines is 1. The molecule has 4 heteroatoms. The number of hydrogen-bond donors (Lipinski definition) is 1. The fourth-order valence-corrected chi connectivity index (χ4v) is 3.31. The summed E-state index contributed by atoms with van der Waals surface area (Å²) in [6.07, 6.45) is 9.30. The fraction of sp³-hybridized carbons (Fsp3) is 0.750. The number of methoxy groups -OCH3 is 1. The molecule has 1 saturated carbocycles. The van der Waals surface area contributed by atoms with Crippen LogP contribution in [0.25, 0.3) is 0 Å². The van der Waals surface area contributed by atoms with Crippen LogP contribution >= 0.6 is 0 Å². The SMILES string of the molecule is CCNc1nc(C2(OC)CCC2)nc2c1CCCCC2. The predicted octanol–water partition coefficient (Wildman–Crippen LogP) is 3.20. The highest BCUT2D eigenvalue weighted by Crippen LogP contribution is 2.43. The molecule has 0 radical (unpaired) electrons. The molecule has 2 aliphatic rings. The van der Waals surface area contributed by atoms with E-state index in [4.69, 9.17) is 14.7 Å². The predicted molar refractivity (Wildman–Crippen MR) is 80.0 cm³/mol. The van der Waals surface area contributed by atoms with Gasteiger partial charge in [-0.05, 0) is 51.9 Å². The van der Waals surface area contributed by atoms with Gasteiger partial charge in [-0.3, -0.25) is 0 Å². The van der Waals surface area contributed by atoms with Crippen LogP contribution < -0.4 is 5.32 Å². The van der Waals surface area contributed by atoms with Gasteiger partial charge in [-0.2, -0.15) is 0 Å². The van der Waals surface area contributed by atoms with E-state index >= 15 is 0 Å². The standard InChI is InChI=1S/C16H25N3O/c1-3-17-14-12-8-5-4-6-9-13(12)18-15(19-14)16(20-2)10-7-11-16/h3-11H2,1-2H3,(H,17,18,19). The molecule has 0 unspecified atom stereocenters. The Morgan fingerprint density at radius 2 is 1.90 bits per heavy atom. The van der Waals surface area contributed by atoms with Crippen LogP contribution in [0.2, 0.25) is 0 Å². The maximum absolute atomic E-state index is 5.76. The first kappa shape index (κ1) is 13.8. The first-order valence-electron chi connectivity index (χ1n) is 7.98. The van der Waals surface area contributed by atoms with Crippen molar-refractivity contribution >= 4 is 5.82 Å². The molecule has 1 heterocycles. The van der Waals surface area contributed by atoms with Gasteiger partial charge in [0.1, 0.15) is 11.4 Å². The first-order chi connectivity index (χ1) is 9.79. The van der Waals surface area contributed by atoms with Crippen molar-refractivity contribution < 1.29 is 4.74 Å². The summed E-state index contributed by atoms with van der Waals surface area (Å²) in [5.74, 6) is 1.96. The number of hydrogen-bond acceptors (Lipinski definition) is 4. The van der Waals surface area contributed by atoms with E-state index in [0.29, 0.717) is 0 Å². The number of aryl methyl sites for hydroxylation is 1. The molecule has 1 N–H and O–H groups in total. The molecule has 110 valence electrons. The fourth-order valence-electron chi connectivity index (χ4n) is 3.31. The number of aromatic nitrogens is 2. The third kappa shape index (κ3) is 2.30. The van der Waals surface area contributed by atoms with Crippen LogP contribution in [0.4, 0.5) is 5.82 Å². The Morgan fingerprint density at radius 1 is 1.10 bits per heavy atom. The van der Waals surface area contributed by atoms with Gasteiger partial charge in [-0.25, -0.2) is 9.97 Å². The second-order valence-corrected chi connectivity index (χ2v) is 5.96. The molecule has 4 nitrogen and oxygen atoms in total. The van der Waals surface area contributed by atoms with Crippen LogP contribution in [-0.2, 0) is 23.2 Å². The lowest BCUT2D eigenvalue weighted by Crippen LogP contribution is -2.38. The summed E-state index contributed by atoms with van der Waals surface area (Å²) in [5.41, 5.74) is 2.39. The van der Waals surface area contributed by atoms with Crippen molar-refractivity contribution in [1.82, 2.24) is 9.97 Å². The Bertz CT molecular complexity index is 477. The Labute approximate surface area is 121 Å². The van der Waals surface area contributed by atoms with Gasteiger partial charge in [0.25, 0.3) is 0 Å². The van der Waals surface area contributed by atoms with E-state index in [9.17, 15) is 0 Å². The number of fused-ring (bicyclic) bond motifs is 1. The minimum absolute atomic E-state index is 0.217. The van der Waals surface area contributed by atoms with Crippen molar-refractivity contribution in [3.63, 3.8) is 0 Å². The molecule has 1 aromatic heterocycles. The maximum atomic E-state index is 5.76. The van der Waals surface area contributed by atoms with Gasteiger partial charge in [0.2, 0.25) is 0 Å². The average molecular weight is 275 g/mol. The lowest BCUT2D eigenvalue weighted by Gasteiger charge is -2.39. The molecule has 0 amide bonds. The van der Waals surface area contributed by atoms with E-state index in [2.05, 4.69) is 12.2 Å². The van der Waals surface area contributed by atoms with Crippen LogP contribution in [-0.4, -0.2) is 23.6 Å². The first-order valence-corrected chi connectivity index (χ1v) is 7.98. The molecular weight excluding hydrogens is 250 g/mol. The number of rotatable bonds is 4. The zero-order valence-corrected chi connectivity index (χ0v) is 12.7. The van der Waals surface area contributed by atoms with E-state index < -0.39 is 0 Å². The lowest BCUT2D eigenvalue weighted by molar-refractivity contribution is -0.0847. The summed E-state index contributed by atoms with van der Waals surface area (Å²) in [4.78, 5) is 9.74. The Kier molecular flexibility index (Phi) is 3.92. The number of nitrogens with one attached hydrogen (secondary N) is 1. The van der Waals surface area contributed by atoms with Gasteiger partial charge < -0.3 is 10.1 Å². The molecule has 1 fully saturated rings. The highest BCUT2D eigenvalue weighted by atomic mass is 16.5. The third-order valence-corrected chi connectivity index (χ3v) is 4.74. The smallest absolute Gasteiger partial charge is 0.162 e. The van der Waals surface area contributed by atoms with Gasteiger partial charge in [0.15, 0.2) is 5.82 Å². The molecule has 0 saturated heterocycles. The third-order valence-electron chi connectivity index (χ3n) is 4.74. The van der Waals surface area contributed by atoms with Gasteiger partial charge >= 0.3 is 0 Å². The monoisotopic (exact) mass is 275 g/mol. The minimum Gasteiger partial charge on any atom is -0.370 e. The molecule has 3 rings (SSSR count). The second kappa shape index (κ2) is 5.68. The summed E-state index contributed by atoms with van der Waals surface area (Å²) in [6, 6.07) is 0. The summed E-state index contributed by atoms with van der Waals surface area (Å²) in [6.45, 7) is 3.03. The molecule has 20 heavy (non-hydrogen) atoms. The zero-order valence-electron chi connectivity index (χ0n) is 12.7. The van der Waals surface area contributed by atoms with Crippen LogP contribution in [0.15, 0.2) is 0 Å². The lowest BCUT2D eigenvalue weighted by atomic mass is 9.79. The molecule has 0 spiro atoms. The van der Waals surface area contributed by atoms with Crippen molar-refractivity contribution in [1.29, 1.82) is 0 Å². The van der Waals surface area contributed by atoms with E-state index in [1.165, 1.54) is 36.9 Å². The van der Waals surface area contributed by atoms with Crippen molar-refractivity contribution in [3.8, 4) is 0 Å². The van der Waals surface area contributed by atoms with E-state index in [-0.39, 0.29) is 5.60 Å². The normalized spacial score (nSPS) is 20.7. The Balaban J connectivity index is 2.03. The largest absolute Gasteiger partial charge is 0.370 e. The van der Waals surface area contributed by atoms with E-state index in [0.717, 1.165) is 43.9 Å². The van der Waals surface area contributed by atoms with Gasteiger partial charge in [0.05, 0.1) is 0 Å². The molecule has 0 atom stereocenters. The van der Waals surface area contributed by atoms with Gasteiger partial charge in [-0.15, -0.1) is 0 Å². The zero-order chi connectivity index (χ0) is 14.0. The van der Waals surface area contributed by atoms with Crippen LogP contribution in [0, 0.1) is 0 Å². The number of nitrogens with zero attached hydrogens (tertiary/aromatic N) is 2. The molecule has 2 aliphatic carbocycles. The molecule has 1 aromatic rings. The van der Waals surface area contributed by atoms with E-state index in [1.54, 1.807) is 7.11 Å². The van der Waals surface area contributed by atoms with Crippen molar-refractivity contribution in [2.24, 2.45) is 0 Å². The quantitative estimate of drug-likeness (QED) is 0.857. The van der Waals surface area contributed by atoms with Crippen LogP contribution in [0.5, 0.6) is 0 Å². The van der Waals surface area contributed by atoms with E-state index in [1.807, 2.05) is 0 Å². The van der Waals surface area contributed by atoms with Gasteiger partial charge in [-0.1, -0.05) is 6.42 Å².